The highest BCUT2D eigenvalue weighted by Gasteiger charge is 2.40. The predicted octanol–water partition coefficient (Wildman–Crippen LogP) is 5.11. The summed E-state index contributed by atoms with van der Waals surface area (Å²) in [5.74, 6) is 0.447. The van der Waals surface area contributed by atoms with Crippen molar-refractivity contribution in [2.24, 2.45) is 0 Å². The molecule has 4 rings (SSSR count). The van der Waals surface area contributed by atoms with Crippen LogP contribution in [0.25, 0.3) is 5.57 Å². The highest BCUT2D eigenvalue weighted by atomic mass is 16.5. The first-order chi connectivity index (χ1) is 15.9. The first-order valence-corrected chi connectivity index (χ1v) is 10.8. The normalized spacial score (nSPS) is 13.5. The number of hydrogen-bond donors (Lipinski definition) is 1. The summed E-state index contributed by atoms with van der Waals surface area (Å²) in [6, 6.07) is 20.0. The van der Waals surface area contributed by atoms with Crippen molar-refractivity contribution >= 4 is 28.8 Å². The lowest BCUT2D eigenvalue weighted by Crippen LogP contribution is -2.32. The molecule has 0 bridgehead atoms. The van der Waals surface area contributed by atoms with Crippen molar-refractivity contribution in [3.63, 3.8) is 0 Å². The number of anilines is 2. The number of methoxy groups -OCH3 is 1. The fourth-order valence-electron chi connectivity index (χ4n) is 3.98. The standard InChI is InChI=1S/C27H26N2O4/c1-5-33-23-8-6-7-21(16-23)29-26(30)24(19-9-11-22(32-4)12-10-19)25(27(29)31)28-20-14-17(2)13-18(3)15-20/h6-16,28H,5H2,1-4H3. The van der Waals surface area contributed by atoms with Gasteiger partial charge in [0.05, 0.1) is 25.0 Å². The molecule has 0 fully saturated rings. The molecule has 0 spiro atoms. The summed E-state index contributed by atoms with van der Waals surface area (Å²) in [6.07, 6.45) is 0. The van der Waals surface area contributed by atoms with Gasteiger partial charge >= 0.3 is 0 Å². The minimum atomic E-state index is -0.418. The first-order valence-electron chi connectivity index (χ1n) is 10.8. The van der Waals surface area contributed by atoms with Crippen molar-refractivity contribution in [1.82, 2.24) is 0 Å². The van der Waals surface area contributed by atoms with Gasteiger partial charge < -0.3 is 14.8 Å². The average Bonchev–Trinajstić information content (AvgIpc) is 3.03. The van der Waals surface area contributed by atoms with Crippen LogP contribution in [-0.4, -0.2) is 25.5 Å². The molecule has 1 heterocycles. The summed E-state index contributed by atoms with van der Waals surface area (Å²) in [5, 5.41) is 3.22. The molecule has 1 N–H and O–H groups in total. The predicted molar refractivity (Wildman–Crippen MR) is 130 cm³/mol. The molecule has 1 aliphatic rings. The zero-order chi connectivity index (χ0) is 23.5. The third kappa shape index (κ3) is 4.46. The third-order valence-corrected chi connectivity index (χ3v) is 5.34. The lowest BCUT2D eigenvalue weighted by atomic mass is 10.0. The van der Waals surface area contributed by atoms with Crippen LogP contribution < -0.4 is 19.7 Å². The topological polar surface area (TPSA) is 67.9 Å². The van der Waals surface area contributed by atoms with Gasteiger partial charge in [-0.05, 0) is 73.9 Å². The van der Waals surface area contributed by atoms with E-state index >= 15 is 0 Å². The molecule has 0 unspecified atom stereocenters. The fourth-order valence-corrected chi connectivity index (χ4v) is 3.98. The van der Waals surface area contributed by atoms with E-state index in [9.17, 15) is 9.59 Å². The molecule has 3 aromatic rings. The first kappa shape index (κ1) is 22.1. The summed E-state index contributed by atoms with van der Waals surface area (Å²) in [4.78, 5) is 28.4. The Balaban J connectivity index is 1.81. The molecule has 1 aliphatic heterocycles. The zero-order valence-corrected chi connectivity index (χ0v) is 19.1. The number of aryl methyl sites for hydroxylation is 2. The molecule has 3 aromatic carbocycles. The highest BCUT2D eigenvalue weighted by Crippen LogP contribution is 2.35. The molecule has 0 aliphatic carbocycles. The SMILES string of the molecule is CCOc1cccc(N2C(=O)C(Nc3cc(C)cc(C)c3)=C(c3ccc(OC)cc3)C2=O)c1. The van der Waals surface area contributed by atoms with Crippen molar-refractivity contribution in [2.75, 3.05) is 23.9 Å². The number of carbonyl (C=O) groups excluding carboxylic acids is 2. The Morgan fingerprint density at radius 2 is 1.55 bits per heavy atom. The van der Waals surface area contributed by atoms with Crippen molar-refractivity contribution < 1.29 is 19.1 Å². The number of nitrogens with one attached hydrogen (secondary N) is 1. The third-order valence-electron chi connectivity index (χ3n) is 5.34. The van der Waals surface area contributed by atoms with Crippen LogP contribution in [0.1, 0.15) is 23.6 Å². The molecule has 6 nitrogen and oxygen atoms in total. The molecule has 0 saturated carbocycles. The van der Waals surface area contributed by atoms with Crippen molar-refractivity contribution in [2.45, 2.75) is 20.8 Å². The second-order valence-corrected chi connectivity index (χ2v) is 7.86. The number of hydrogen-bond acceptors (Lipinski definition) is 5. The highest BCUT2D eigenvalue weighted by molar-refractivity contribution is 6.46. The van der Waals surface area contributed by atoms with Crippen LogP contribution in [0.5, 0.6) is 11.5 Å². The zero-order valence-electron chi connectivity index (χ0n) is 19.1. The van der Waals surface area contributed by atoms with Gasteiger partial charge in [0, 0.05) is 11.8 Å². The monoisotopic (exact) mass is 442 g/mol. The maximum atomic E-state index is 13.6. The lowest BCUT2D eigenvalue weighted by Gasteiger charge is -2.16. The van der Waals surface area contributed by atoms with Gasteiger partial charge in [0.15, 0.2) is 0 Å². The Morgan fingerprint density at radius 3 is 2.18 bits per heavy atom. The lowest BCUT2D eigenvalue weighted by molar-refractivity contribution is -0.120. The Hall–Kier alpha value is -4.06. The van der Waals surface area contributed by atoms with Crippen molar-refractivity contribution in [1.29, 1.82) is 0 Å². The van der Waals surface area contributed by atoms with Gasteiger partial charge in [0.25, 0.3) is 11.8 Å². The Labute approximate surface area is 193 Å². The van der Waals surface area contributed by atoms with Gasteiger partial charge in [-0.15, -0.1) is 0 Å². The molecule has 0 atom stereocenters. The van der Waals surface area contributed by atoms with Gasteiger partial charge in [-0.3, -0.25) is 9.59 Å². The minimum Gasteiger partial charge on any atom is -0.497 e. The van der Waals surface area contributed by atoms with Crippen LogP contribution in [0.4, 0.5) is 11.4 Å². The summed E-state index contributed by atoms with van der Waals surface area (Å²) in [5.41, 5.74) is 4.49. The van der Waals surface area contributed by atoms with Crippen LogP contribution in [0.2, 0.25) is 0 Å². The van der Waals surface area contributed by atoms with E-state index in [4.69, 9.17) is 9.47 Å². The second-order valence-electron chi connectivity index (χ2n) is 7.86. The molecule has 2 amide bonds. The Morgan fingerprint density at radius 1 is 0.848 bits per heavy atom. The quantitative estimate of drug-likeness (QED) is 0.515. The van der Waals surface area contributed by atoms with E-state index in [2.05, 4.69) is 11.4 Å². The maximum Gasteiger partial charge on any atom is 0.282 e. The van der Waals surface area contributed by atoms with E-state index in [0.29, 0.717) is 34.9 Å². The second kappa shape index (κ2) is 9.20. The smallest absolute Gasteiger partial charge is 0.282 e. The molecular formula is C27H26N2O4. The van der Waals surface area contributed by atoms with E-state index in [-0.39, 0.29) is 5.70 Å². The van der Waals surface area contributed by atoms with E-state index in [1.165, 1.54) is 4.90 Å². The van der Waals surface area contributed by atoms with E-state index in [1.54, 1.807) is 55.6 Å². The average molecular weight is 443 g/mol. The van der Waals surface area contributed by atoms with Crippen LogP contribution in [0.3, 0.4) is 0 Å². The Kier molecular flexibility index (Phi) is 6.18. The number of imide groups is 1. The van der Waals surface area contributed by atoms with Crippen LogP contribution in [-0.2, 0) is 9.59 Å². The largest absolute Gasteiger partial charge is 0.497 e. The molecule has 168 valence electrons. The molecule has 0 aromatic heterocycles. The summed E-state index contributed by atoms with van der Waals surface area (Å²) in [6.45, 7) is 6.35. The van der Waals surface area contributed by atoms with E-state index in [0.717, 1.165) is 16.8 Å². The van der Waals surface area contributed by atoms with Crippen LogP contribution in [0, 0.1) is 13.8 Å². The molecule has 33 heavy (non-hydrogen) atoms. The summed E-state index contributed by atoms with van der Waals surface area (Å²) in [7, 11) is 1.58. The van der Waals surface area contributed by atoms with Crippen LogP contribution >= 0.6 is 0 Å². The summed E-state index contributed by atoms with van der Waals surface area (Å²) >= 11 is 0. The van der Waals surface area contributed by atoms with Gasteiger partial charge in [0.1, 0.15) is 17.2 Å². The van der Waals surface area contributed by atoms with E-state index in [1.807, 2.05) is 32.9 Å². The number of rotatable bonds is 7. The minimum absolute atomic E-state index is 0.233. The van der Waals surface area contributed by atoms with Gasteiger partial charge in [-0.2, -0.15) is 0 Å². The molecular weight excluding hydrogens is 416 g/mol. The van der Waals surface area contributed by atoms with Crippen LogP contribution in [0.15, 0.2) is 72.4 Å². The van der Waals surface area contributed by atoms with Crippen molar-refractivity contribution in [3.8, 4) is 11.5 Å². The number of amides is 2. The maximum absolute atomic E-state index is 13.6. The number of nitrogens with zero attached hydrogens (tertiary/aromatic N) is 1. The number of carbonyl (C=O) groups is 2. The molecule has 0 radical (unpaired) electrons. The number of benzene rings is 3. The van der Waals surface area contributed by atoms with E-state index < -0.39 is 11.8 Å². The fraction of sp³-hybridized carbons (Fsp3) is 0.185. The molecule has 6 heteroatoms. The van der Waals surface area contributed by atoms with Gasteiger partial charge in [-0.25, -0.2) is 4.90 Å². The van der Waals surface area contributed by atoms with Gasteiger partial charge in [0.2, 0.25) is 0 Å². The van der Waals surface area contributed by atoms with Crippen molar-refractivity contribution in [3.05, 3.63) is 89.1 Å². The molecule has 0 saturated heterocycles. The number of ether oxygens (including phenoxy) is 2. The van der Waals surface area contributed by atoms with Gasteiger partial charge in [-0.1, -0.05) is 24.3 Å². The summed E-state index contributed by atoms with van der Waals surface area (Å²) < 4.78 is 10.8. The Bertz CT molecular complexity index is 1220.